The van der Waals surface area contributed by atoms with Gasteiger partial charge in [-0.25, -0.2) is 0 Å². The maximum Gasteiger partial charge on any atom is 0.289 e. The summed E-state index contributed by atoms with van der Waals surface area (Å²) in [5.41, 5.74) is 4.84. The normalized spacial score (nSPS) is 20.1. The molecule has 2 unspecified atom stereocenters. The smallest absolute Gasteiger partial charge is 0.289 e. The molecule has 1 saturated heterocycles. The minimum absolute atomic E-state index is 0.0169. The predicted octanol–water partition coefficient (Wildman–Crippen LogP) is 6.33. The molecule has 1 aliphatic carbocycles. The third kappa shape index (κ3) is 6.28. The van der Waals surface area contributed by atoms with Gasteiger partial charge >= 0.3 is 0 Å². The van der Waals surface area contributed by atoms with Gasteiger partial charge in [-0.1, -0.05) is 72.1 Å². The first-order valence-corrected chi connectivity index (χ1v) is 13.7. The van der Waals surface area contributed by atoms with E-state index in [9.17, 15) is 9.59 Å². The Bertz CT molecular complexity index is 1320. The largest absolute Gasteiger partial charge is 0.482 e. The average Bonchev–Trinajstić information content (AvgIpc) is 2.92. The van der Waals surface area contributed by atoms with E-state index in [1.165, 1.54) is 5.56 Å². The van der Waals surface area contributed by atoms with Crippen molar-refractivity contribution in [2.75, 3.05) is 6.54 Å². The van der Waals surface area contributed by atoms with Crippen molar-refractivity contribution >= 4 is 29.5 Å². The van der Waals surface area contributed by atoms with Gasteiger partial charge in [-0.15, -0.1) is 0 Å². The lowest BCUT2D eigenvalue weighted by Crippen LogP contribution is -2.54. The standard InChI is InChI=1S/C32H33ClN2O3/c1-22-5-4-6-25(19-22)21-35-28-7-2-3-8-29(28)38-30(32(35)37)20-24-9-13-26(14-10-24)31(36)34-18-17-23-11-15-27(33)16-12-23/h4-6,9-16,19-20,28-29H,2-3,7-8,17-18,21H2,1H3,(H,34,36)/b30-20+. The number of hydrogen-bond donors (Lipinski definition) is 1. The van der Waals surface area contributed by atoms with Gasteiger partial charge < -0.3 is 15.0 Å². The average molecular weight is 529 g/mol. The second kappa shape index (κ2) is 11.9. The van der Waals surface area contributed by atoms with Crippen LogP contribution in [0.1, 0.15) is 58.3 Å². The zero-order valence-electron chi connectivity index (χ0n) is 21.7. The molecule has 3 aromatic rings. The van der Waals surface area contributed by atoms with E-state index in [2.05, 4.69) is 30.4 Å². The maximum atomic E-state index is 13.6. The van der Waals surface area contributed by atoms with Gasteiger partial charge in [-0.05, 0) is 79.6 Å². The lowest BCUT2D eigenvalue weighted by Gasteiger charge is -2.44. The first-order valence-electron chi connectivity index (χ1n) is 13.3. The van der Waals surface area contributed by atoms with Crippen LogP contribution < -0.4 is 5.32 Å². The monoisotopic (exact) mass is 528 g/mol. The minimum atomic E-state index is -0.127. The molecule has 5 rings (SSSR count). The predicted molar refractivity (Wildman–Crippen MR) is 151 cm³/mol. The number of nitrogens with zero attached hydrogens (tertiary/aromatic N) is 1. The van der Waals surface area contributed by atoms with Crippen LogP contribution in [0.2, 0.25) is 5.02 Å². The van der Waals surface area contributed by atoms with E-state index in [-0.39, 0.29) is 24.0 Å². The number of fused-ring (bicyclic) bond motifs is 1. The highest BCUT2D eigenvalue weighted by molar-refractivity contribution is 6.30. The van der Waals surface area contributed by atoms with Gasteiger partial charge in [0.25, 0.3) is 11.8 Å². The van der Waals surface area contributed by atoms with Gasteiger partial charge in [-0.3, -0.25) is 9.59 Å². The molecular weight excluding hydrogens is 496 g/mol. The Morgan fingerprint density at radius 2 is 1.79 bits per heavy atom. The van der Waals surface area contributed by atoms with E-state index in [1.807, 2.05) is 47.4 Å². The molecule has 1 heterocycles. The molecule has 2 aliphatic rings. The molecule has 1 saturated carbocycles. The van der Waals surface area contributed by atoms with Crippen LogP contribution in [0.4, 0.5) is 0 Å². The van der Waals surface area contributed by atoms with Crippen molar-refractivity contribution < 1.29 is 14.3 Å². The summed E-state index contributed by atoms with van der Waals surface area (Å²) in [7, 11) is 0. The highest BCUT2D eigenvalue weighted by Crippen LogP contribution is 2.34. The number of aryl methyl sites for hydroxylation is 1. The molecule has 5 nitrogen and oxygen atoms in total. The number of carbonyl (C=O) groups excluding carboxylic acids is 2. The van der Waals surface area contributed by atoms with Crippen LogP contribution in [-0.4, -0.2) is 35.4 Å². The third-order valence-electron chi connectivity index (χ3n) is 7.34. The summed E-state index contributed by atoms with van der Waals surface area (Å²) in [6.45, 7) is 3.19. The third-order valence-corrected chi connectivity index (χ3v) is 7.59. The van der Waals surface area contributed by atoms with E-state index >= 15 is 0 Å². The Kier molecular flexibility index (Phi) is 8.14. The molecule has 1 N–H and O–H groups in total. The second-order valence-electron chi connectivity index (χ2n) is 10.2. The van der Waals surface area contributed by atoms with E-state index in [1.54, 1.807) is 18.2 Å². The fourth-order valence-electron chi connectivity index (χ4n) is 5.32. The number of carbonyl (C=O) groups is 2. The number of nitrogens with one attached hydrogen (secondary N) is 1. The molecule has 2 amide bonds. The summed E-state index contributed by atoms with van der Waals surface area (Å²) in [5, 5.41) is 3.66. The molecule has 1 aliphatic heterocycles. The van der Waals surface area contributed by atoms with Crippen LogP contribution in [0.25, 0.3) is 6.08 Å². The fourth-order valence-corrected chi connectivity index (χ4v) is 5.45. The summed E-state index contributed by atoms with van der Waals surface area (Å²) in [6.07, 6.45) is 6.70. The molecule has 0 radical (unpaired) electrons. The van der Waals surface area contributed by atoms with Crippen molar-refractivity contribution in [3.05, 3.63) is 111 Å². The number of rotatable bonds is 7. The Balaban J connectivity index is 1.26. The quantitative estimate of drug-likeness (QED) is 0.364. The molecule has 0 spiro atoms. The first kappa shape index (κ1) is 26.1. The number of morpholine rings is 1. The van der Waals surface area contributed by atoms with Crippen LogP contribution in [0, 0.1) is 6.92 Å². The molecule has 6 heteroatoms. The SMILES string of the molecule is Cc1cccc(CN2C(=O)/C(=C\c3ccc(C(=O)NCCc4ccc(Cl)cc4)cc3)OC3CCCCC32)c1. The van der Waals surface area contributed by atoms with Gasteiger partial charge in [0.05, 0.1) is 6.04 Å². The van der Waals surface area contributed by atoms with Crippen molar-refractivity contribution in [1.82, 2.24) is 10.2 Å². The highest BCUT2D eigenvalue weighted by atomic mass is 35.5. The molecular formula is C32H33ClN2O3. The van der Waals surface area contributed by atoms with Crippen molar-refractivity contribution in [3.8, 4) is 0 Å². The Morgan fingerprint density at radius 1 is 1.03 bits per heavy atom. The van der Waals surface area contributed by atoms with E-state index in [4.69, 9.17) is 16.3 Å². The summed E-state index contributed by atoms with van der Waals surface area (Å²) in [4.78, 5) is 28.2. The highest BCUT2D eigenvalue weighted by Gasteiger charge is 2.41. The molecule has 2 atom stereocenters. The van der Waals surface area contributed by atoms with Crippen LogP contribution in [0.15, 0.2) is 78.6 Å². The number of benzene rings is 3. The van der Waals surface area contributed by atoms with Gasteiger partial charge in [0.2, 0.25) is 0 Å². The van der Waals surface area contributed by atoms with E-state index in [0.717, 1.165) is 48.8 Å². The summed E-state index contributed by atoms with van der Waals surface area (Å²) in [5.74, 6) is 0.178. The number of ether oxygens (including phenoxy) is 1. The van der Waals surface area contributed by atoms with Crippen molar-refractivity contribution in [1.29, 1.82) is 0 Å². The molecule has 2 fully saturated rings. The second-order valence-corrected chi connectivity index (χ2v) is 10.6. The summed E-state index contributed by atoms with van der Waals surface area (Å²) < 4.78 is 6.26. The Morgan fingerprint density at radius 3 is 2.55 bits per heavy atom. The maximum absolute atomic E-state index is 13.6. The van der Waals surface area contributed by atoms with Crippen molar-refractivity contribution in [2.24, 2.45) is 0 Å². The van der Waals surface area contributed by atoms with Crippen molar-refractivity contribution in [3.63, 3.8) is 0 Å². The molecule has 196 valence electrons. The van der Waals surface area contributed by atoms with Crippen LogP contribution >= 0.6 is 11.6 Å². The lowest BCUT2D eigenvalue weighted by atomic mass is 9.89. The summed E-state index contributed by atoms with van der Waals surface area (Å²) in [6, 6.07) is 23.3. The Labute approximate surface area is 229 Å². The van der Waals surface area contributed by atoms with E-state index < -0.39 is 0 Å². The number of amides is 2. The molecule has 0 bridgehead atoms. The molecule has 0 aromatic heterocycles. The van der Waals surface area contributed by atoms with Gasteiger partial charge in [-0.2, -0.15) is 0 Å². The first-order chi connectivity index (χ1) is 18.5. The fraction of sp³-hybridized carbons (Fsp3) is 0.312. The Hall–Kier alpha value is -3.57. The lowest BCUT2D eigenvalue weighted by molar-refractivity contribution is -0.149. The van der Waals surface area contributed by atoms with Gasteiger partial charge in [0.1, 0.15) is 6.10 Å². The molecule has 38 heavy (non-hydrogen) atoms. The summed E-state index contributed by atoms with van der Waals surface area (Å²) >= 11 is 5.93. The number of halogens is 1. The van der Waals surface area contributed by atoms with Crippen LogP contribution in [0.5, 0.6) is 0 Å². The molecule has 3 aromatic carbocycles. The van der Waals surface area contributed by atoms with Crippen LogP contribution in [0.3, 0.4) is 0 Å². The topological polar surface area (TPSA) is 58.6 Å². The van der Waals surface area contributed by atoms with Crippen LogP contribution in [-0.2, 0) is 22.5 Å². The van der Waals surface area contributed by atoms with Gasteiger partial charge in [0.15, 0.2) is 5.76 Å². The zero-order valence-corrected chi connectivity index (χ0v) is 22.4. The number of hydrogen-bond acceptors (Lipinski definition) is 3. The van der Waals surface area contributed by atoms with E-state index in [0.29, 0.717) is 29.4 Å². The zero-order chi connectivity index (χ0) is 26.5. The minimum Gasteiger partial charge on any atom is -0.482 e. The van der Waals surface area contributed by atoms with Crippen molar-refractivity contribution in [2.45, 2.75) is 57.7 Å². The van der Waals surface area contributed by atoms with Gasteiger partial charge in [0, 0.05) is 23.7 Å².